The molecule has 1 saturated carbocycles. The van der Waals surface area contributed by atoms with Gasteiger partial charge in [0.25, 0.3) is 0 Å². The second kappa shape index (κ2) is 8.59. The molecule has 80 valence electrons. The summed E-state index contributed by atoms with van der Waals surface area (Å²) in [6, 6.07) is 0. The molecule has 1 aliphatic rings. The molecule has 0 aromatic heterocycles. The predicted octanol–water partition coefficient (Wildman–Crippen LogP) is 5.03. The van der Waals surface area contributed by atoms with Crippen LogP contribution in [0.15, 0.2) is 0 Å². The van der Waals surface area contributed by atoms with Crippen LogP contribution in [0.5, 0.6) is 0 Å². The Morgan fingerprint density at radius 2 is 1.77 bits per heavy atom. The van der Waals surface area contributed by atoms with Crippen molar-refractivity contribution in [2.24, 2.45) is 11.8 Å². The average molecular weight is 184 g/mol. The number of rotatable bonds is 5. The van der Waals surface area contributed by atoms with Crippen LogP contribution < -0.4 is 0 Å². The highest BCUT2D eigenvalue weighted by Crippen LogP contribution is 2.37. The minimum Gasteiger partial charge on any atom is -0.0683 e. The van der Waals surface area contributed by atoms with E-state index < -0.39 is 0 Å². The van der Waals surface area contributed by atoms with Crippen LogP contribution in [-0.4, -0.2) is 0 Å². The van der Waals surface area contributed by atoms with Crippen molar-refractivity contribution in [2.75, 3.05) is 0 Å². The summed E-state index contributed by atoms with van der Waals surface area (Å²) in [5.74, 6) is 2.19. The van der Waals surface area contributed by atoms with Crippen LogP contribution in [0.4, 0.5) is 0 Å². The zero-order chi connectivity index (χ0) is 10.1. The van der Waals surface area contributed by atoms with Gasteiger partial charge in [-0.25, -0.2) is 0 Å². The summed E-state index contributed by atoms with van der Waals surface area (Å²) in [5.41, 5.74) is 0. The van der Waals surface area contributed by atoms with E-state index in [1.807, 2.05) is 13.8 Å². The van der Waals surface area contributed by atoms with Crippen molar-refractivity contribution < 1.29 is 0 Å². The first-order chi connectivity index (χ1) is 6.38. The van der Waals surface area contributed by atoms with Crippen LogP contribution in [0, 0.1) is 11.8 Å². The Kier molecular flexibility index (Phi) is 8.59. The Balaban J connectivity index is 0.000000671. The molecule has 1 aliphatic carbocycles. The Hall–Kier alpha value is 0. The van der Waals surface area contributed by atoms with E-state index in [-0.39, 0.29) is 0 Å². The van der Waals surface area contributed by atoms with Crippen LogP contribution >= 0.6 is 0 Å². The number of hydrogen-bond donors (Lipinski definition) is 0. The molecule has 1 atom stereocenters. The average Bonchev–Trinajstić information content (AvgIpc) is 2.12. The van der Waals surface area contributed by atoms with Gasteiger partial charge in [-0.05, 0) is 11.8 Å². The lowest BCUT2D eigenvalue weighted by Crippen LogP contribution is -2.21. The third kappa shape index (κ3) is 4.69. The molecule has 0 bridgehead atoms. The maximum Gasteiger partial charge on any atom is -0.0386 e. The van der Waals surface area contributed by atoms with Gasteiger partial charge in [0.2, 0.25) is 0 Å². The van der Waals surface area contributed by atoms with Crippen molar-refractivity contribution in [3.8, 4) is 0 Å². The first-order valence-corrected chi connectivity index (χ1v) is 6.38. The second-order valence-electron chi connectivity index (χ2n) is 4.00. The second-order valence-corrected chi connectivity index (χ2v) is 4.00. The van der Waals surface area contributed by atoms with Gasteiger partial charge in [0.1, 0.15) is 0 Å². The van der Waals surface area contributed by atoms with Gasteiger partial charge in [-0.2, -0.15) is 0 Å². The van der Waals surface area contributed by atoms with Gasteiger partial charge in [0.15, 0.2) is 0 Å². The van der Waals surface area contributed by atoms with Gasteiger partial charge in [0.05, 0.1) is 0 Å². The van der Waals surface area contributed by atoms with Gasteiger partial charge < -0.3 is 0 Å². The number of hydrogen-bond acceptors (Lipinski definition) is 0. The van der Waals surface area contributed by atoms with Crippen LogP contribution in [-0.2, 0) is 0 Å². The molecule has 0 nitrogen and oxygen atoms in total. The molecule has 0 amide bonds. The molecule has 0 heteroatoms. The van der Waals surface area contributed by atoms with Crippen molar-refractivity contribution in [1.29, 1.82) is 0 Å². The first kappa shape index (κ1) is 13.0. The highest BCUT2D eigenvalue weighted by atomic mass is 14.3. The summed E-state index contributed by atoms with van der Waals surface area (Å²) in [6.45, 7) is 8.66. The molecule has 0 aromatic carbocycles. The van der Waals surface area contributed by atoms with E-state index in [1.165, 1.54) is 44.9 Å². The SMILES string of the molecule is CC.CCCCC(CC)C1CCC1. The molecule has 0 aliphatic heterocycles. The maximum absolute atomic E-state index is 2.36. The van der Waals surface area contributed by atoms with Crippen LogP contribution in [0.2, 0.25) is 0 Å². The summed E-state index contributed by atoms with van der Waals surface area (Å²) in [5, 5.41) is 0. The molecule has 13 heavy (non-hydrogen) atoms. The lowest BCUT2D eigenvalue weighted by Gasteiger charge is -2.33. The van der Waals surface area contributed by atoms with E-state index in [0.717, 1.165) is 11.8 Å². The minimum absolute atomic E-state index is 1.07. The van der Waals surface area contributed by atoms with Gasteiger partial charge in [-0.15, -0.1) is 0 Å². The molecule has 1 rings (SSSR count). The summed E-state index contributed by atoms with van der Waals surface area (Å²) < 4.78 is 0. The van der Waals surface area contributed by atoms with E-state index in [0.29, 0.717) is 0 Å². The van der Waals surface area contributed by atoms with Crippen LogP contribution in [0.3, 0.4) is 0 Å². The maximum atomic E-state index is 2.36. The third-order valence-electron chi connectivity index (χ3n) is 3.27. The molecule has 0 heterocycles. The molecular weight excluding hydrogens is 156 g/mol. The van der Waals surface area contributed by atoms with Crippen molar-refractivity contribution >= 4 is 0 Å². The Bertz CT molecular complexity index is 92.2. The highest BCUT2D eigenvalue weighted by molar-refractivity contribution is 4.76. The molecule has 0 saturated heterocycles. The quantitative estimate of drug-likeness (QED) is 0.562. The zero-order valence-corrected chi connectivity index (χ0v) is 10.1. The molecule has 0 spiro atoms. The molecule has 0 aromatic rings. The van der Waals surface area contributed by atoms with E-state index in [4.69, 9.17) is 0 Å². The monoisotopic (exact) mass is 184 g/mol. The van der Waals surface area contributed by atoms with Crippen molar-refractivity contribution in [3.05, 3.63) is 0 Å². The summed E-state index contributed by atoms with van der Waals surface area (Å²) in [7, 11) is 0. The van der Waals surface area contributed by atoms with Gasteiger partial charge in [-0.1, -0.05) is 72.6 Å². The van der Waals surface area contributed by atoms with E-state index in [9.17, 15) is 0 Å². The fourth-order valence-electron chi connectivity index (χ4n) is 2.15. The standard InChI is InChI=1S/C11H22.C2H6/c1-3-5-7-10(4-2)11-8-6-9-11;1-2/h10-11H,3-9H2,1-2H3;1-2H3. The minimum atomic E-state index is 1.07. The molecule has 0 radical (unpaired) electrons. The Morgan fingerprint density at radius 1 is 1.15 bits per heavy atom. The molecule has 0 N–H and O–H groups in total. The summed E-state index contributed by atoms with van der Waals surface area (Å²) in [4.78, 5) is 0. The largest absolute Gasteiger partial charge is 0.0683 e. The van der Waals surface area contributed by atoms with Crippen molar-refractivity contribution in [3.63, 3.8) is 0 Å². The van der Waals surface area contributed by atoms with Gasteiger partial charge >= 0.3 is 0 Å². The first-order valence-electron chi connectivity index (χ1n) is 6.38. The summed E-state index contributed by atoms with van der Waals surface area (Å²) >= 11 is 0. The van der Waals surface area contributed by atoms with Crippen LogP contribution in [0.1, 0.15) is 72.6 Å². The Morgan fingerprint density at radius 3 is 2.08 bits per heavy atom. The predicted molar refractivity (Wildman–Crippen MR) is 62.0 cm³/mol. The third-order valence-corrected chi connectivity index (χ3v) is 3.27. The molecular formula is C13H28. The fourth-order valence-corrected chi connectivity index (χ4v) is 2.15. The van der Waals surface area contributed by atoms with Gasteiger partial charge in [0, 0.05) is 0 Å². The fraction of sp³-hybridized carbons (Fsp3) is 1.00. The lowest BCUT2D eigenvalue weighted by atomic mass is 9.73. The van der Waals surface area contributed by atoms with Crippen molar-refractivity contribution in [2.45, 2.75) is 72.6 Å². The molecule has 1 unspecified atom stereocenters. The lowest BCUT2D eigenvalue weighted by molar-refractivity contribution is 0.187. The topological polar surface area (TPSA) is 0 Å². The smallest absolute Gasteiger partial charge is 0.0386 e. The van der Waals surface area contributed by atoms with Crippen LogP contribution in [0.25, 0.3) is 0 Å². The highest BCUT2D eigenvalue weighted by Gasteiger charge is 2.24. The molecule has 1 fully saturated rings. The number of unbranched alkanes of at least 4 members (excludes halogenated alkanes) is 1. The van der Waals surface area contributed by atoms with E-state index in [1.54, 1.807) is 0 Å². The van der Waals surface area contributed by atoms with Gasteiger partial charge in [-0.3, -0.25) is 0 Å². The van der Waals surface area contributed by atoms with E-state index in [2.05, 4.69) is 13.8 Å². The van der Waals surface area contributed by atoms with Crippen molar-refractivity contribution in [1.82, 2.24) is 0 Å². The zero-order valence-electron chi connectivity index (χ0n) is 10.1. The Labute approximate surface area is 85.1 Å². The van der Waals surface area contributed by atoms with E-state index >= 15 is 0 Å². The summed E-state index contributed by atoms with van der Waals surface area (Å²) in [6.07, 6.45) is 10.3. The normalized spacial score (nSPS) is 18.5.